The van der Waals surface area contributed by atoms with Crippen LogP contribution >= 0.6 is 43.5 Å². The fraction of sp³-hybridized carbons (Fsp3) is 0.500. The van der Waals surface area contributed by atoms with E-state index in [1.807, 2.05) is 17.0 Å². The summed E-state index contributed by atoms with van der Waals surface area (Å²) in [6, 6.07) is 5.48. The number of piperidine rings is 1. The molecular weight excluding hydrogens is 393 g/mol. The third kappa shape index (κ3) is 3.53. The van der Waals surface area contributed by atoms with Crippen LogP contribution in [0.5, 0.6) is 0 Å². The number of nitrogens with zero attached hydrogens (tertiary/aromatic N) is 1. The summed E-state index contributed by atoms with van der Waals surface area (Å²) >= 11 is 13.2. The van der Waals surface area contributed by atoms with E-state index < -0.39 is 0 Å². The SMILES string of the molecule is CC(Br)C1CCN(C(=O)c2cccc(Br)c2Cl)CC1. The Labute approximate surface area is 135 Å². The van der Waals surface area contributed by atoms with E-state index in [1.165, 1.54) is 0 Å². The molecule has 0 saturated carbocycles. The van der Waals surface area contributed by atoms with Gasteiger partial charge in [0.2, 0.25) is 0 Å². The van der Waals surface area contributed by atoms with Crippen molar-refractivity contribution in [2.45, 2.75) is 24.6 Å². The van der Waals surface area contributed by atoms with Gasteiger partial charge in [0.25, 0.3) is 5.91 Å². The number of benzene rings is 1. The number of alkyl halides is 1. The first-order chi connectivity index (χ1) is 9.00. The lowest BCUT2D eigenvalue weighted by Crippen LogP contribution is -2.40. The van der Waals surface area contributed by atoms with E-state index >= 15 is 0 Å². The standard InChI is InChI=1S/C14H16Br2ClNO/c1-9(15)10-5-7-18(8-6-10)14(19)11-3-2-4-12(16)13(11)17/h2-4,9-10H,5-8H2,1H3. The third-order valence-corrected chi connectivity index (χ3v) is 5.70. The Morgan fingerprint density at radius 2 is 2.05 bits per heavy atom. The van der Waals surface area contributed by atoms with E-state index in [0.717, 1.165) is 30.4 Å². The van der Waals surface area contributed by atoms with Gasteiger partial charge in [0.05, 0.1) is 10.6 Å². The number of rotatable bonds is 2. The summed E-state index contributed by atoms with van der Waals surface area (Å²) < 4.78 is 0.768. The minimum Gasteiger partial charge on any atom is -0.339 e. The highest BCUT2D eigenvalue weighted by atomic mass is 79.9. The number of hydrogen-bond acceptors (Lipinski definition) is 1. The molecule has 5 heteroatoms. The lowest BCUT2D eigenvalue weighted by atomic mass is 9.94. The molecule has 2 nitrogen and oxygen atoms in total. The highest BCUT2D eigenvalue weighted by Crippen LogP contribution is 2.29. The molecular formula is C14H16Br2ClNO. The van der Waals surface area contributed by atoms with E-state index in [-0.39, 0.29) is 5.91 Å². The number of carbonyl (C=O) groups excluding carboxylic acids is 1. The van der Waals surface area contributed by atoms with Gasteiger partial charge >= 0.3 is 0 Å². The first kappa shape index (κ1) is 15.3. The summed E-state index contributed by atoms with van der Waals surface area (Å²) in [5, 5.41) is 0.503. The number of likely N-dealkylation sites (tertiary alicyclic amines) is 1. The molecule has 0 aromatic heterocycles. The van der Waals surface area contributed by atoms with E-state index in [1.54, 1.807) is 6.07 Å². The second-order valence-electron chi connectivity index (χ2n) is 4.91. The zero-order valence-electron chi connectivity index (χ0n) is 10.7. The van der Waals surface area contributed by atoms with Crippen LogP contribution in [-0.4, -0.2) is 28.7 Å². The number of carbonyl (C=O) groups is 1. The van der Waals surface area contributed by atoms with Crippen LogP contribution in [0.15, 0.2) is 22.7 Å². The van der Waals surface area contributed by atoms with Crippen molar-refractivity contribution in [3.63, 3.8) is 0 Å². The minimum atomic E-state index is 0.0342. The number of hydrogen-bond donors (Lipinski definition) is 0. The molecule has 2 rings (SSSR count). The van der Waals surface area contributed by atoms with Gasteiger partial charge in [-0.15, -0.1) is 0 Å². The quantitative estimate of drug-likeness (QED) is 0.646. The average molecular weight is 410 g/mol. The molecule has 1 heterocycles. The molecule has 0 spiro atoms. The zero-order valence-corrected chi connectivity index (χ0v) is 14.6. The summed E-state index contributed by atoms with van der Waals surface area (Å²) in [6.07, 6.45) is 2.09. The van der Waals surface area contributed by atoms with E-state index in [2.05, 4.69) is 38.8 Å². The molecule has 0 bridgehead atoms. The Hall–Kier alpha value is -0.0600. The summed E-state index contributed by atoms with van der Waals surface area (Å²) in [4.78, 5) is 14.9. The van der Waals surface area contributed by atoms with Gasteiger partial charge in [-0.05, 0) is 46.8 Å². The maximum atomic E-state index is 12.5. The van der Waals surface area contributed by atoms with Crippen LogP contribution in [0, 0.1) is 5.92 Å². The van der Waals surface area contributed by atoms with Crippen molar-refractivity contribution in [2.24, 2.45) is 5.92 Å². The van der Waals surface area contributed by atoms with Gasteiger partial charge < -0.3 is 4.90 Å². The Bertz CT molecular complexity index is 471. The van der Waals surface area contributed by atoms with Gasteiger partial charge in [0, 0.05) is 22.4 Å². The maximum Gasteiger partial charge on any atom is 0.255 e. The highest BCUT2D eigenvalue weighted by molar-refractivity contribution is 9.10. The molecule has 0 N–H and O–H groups in total. The first-order valence-corrected chi connectivity index (χ1v) is 8.46. The third-order valence-electron chi connectivity index (χ3n) is 3.66. The van der Waals surface area contributed by atoms with Crippen molar-refractivity contribution in [3.05, 3.63) is 33.3 Å². The predicted molar refractivity (Wildman–Crippen MR) is 86.2 cm³/mol. The van der Waals surface area contributed by atoms with Crippen LogP contribution in [0.4, 0.5) is 0 Å². The first-order valence-electron chi connectivity index (χ1n) is 6.38. The molecule has 104 valence electrons. The second-order valence-corrected chi connectivity index (χ2v) is 7.59. The van der Waals surface area contributed by atoms with Gasteiger partial charge in [-0.2, -0.15) is 0 Å². The molecule has 1 amide bonds. The molecule has 1 atom stereocenters. The molecule has 0 radical (unpaired) electrons. The normalized spacial score (nSPS) is 18.4. The van der Waals surface area contributed by atoms with Gasteiger partial charge in [-0.1, -0.05) is 40.5 Å². The fourth-order valence-corrected chi connectivity index (χ4v) is 3.50. The van der Waals surface area contributed by atoms with Crippen molar-refractivity contribution in [3.8, 4) is 0 Å². The number of halogens is 3. The van der Waals surface area contributed by atoms with Crippen LogP contribution in [0.1, 0.15) is 30.1 Å². The summed E-state index contributed by atoms with van der Waals surface area (Å²) in [7, 11) is 0. The van der Waals surface area contributed by atoms with Gasteiger partial charge in [-0.25, -0.2) is 0 Å². The molecule has 19 heavy (non-hydrogen) atoms. The Kier molecular flexibility index (Phi) is 5.32. The monoisotopic (exact) mass is 407 g/mol. The molecule has 1 aromatic rings. The molecule has 1 aromatic carbocycles. The van der Waals surface area contributed by atoms with Crippen LogP contribution in [0.3, 0.4) is 0 Å². The largest absolute Gasteiger partial charge is 0.339 e. The second kappa shape index (κ2) is 6.59. The smallest absolute Gasteiger partial charge is 0.255 e. The summed E-state index contributed by atoms with van der Waals surface area (Å²) in [5.74, 6) is 0.689. The summed E-state index contributed by atoms with van der Waals surface area (Å²) in [5.41, 5.74) is 0.585. The number of amides is 1. The molecule has 1 saturated heterocycles. The van der Waals surface area contributed by atoms with Gasteiger partial charge in [0.1, 0.15) is 0 Å². The molecule has 1 fully saturated rings. The van der Waals surface area contributed by atoms with E-state index in [0.29, 0.717) is 21.3 Å². The molecule has 1 aliphatic rings. The van der Waals surface area contributed by atoms with Crippen molar-refractivity contribution in [1.82, 2.24) is 4.90 Å². The Balaban J connectivity index is 2.07. The molecule has 0 aliphatic carbocycles. The lowest BCUT2D eigenvalue weighted by Gasteiger charge is -2.33. The lowest BCUT2D eigenvalue weighted by molar-refractivity contribution is 0.0691. The Morgan fingerprint density at radius 3 is 2.63 bits per heavy atom. The van der Waals surface area contributed by atoms with E-state index in [4.69, 9.17) is 11.6 Å². The maximum absolute atomic E-state index is 12.5. The van der Waals surface area contributed by atoms with Crippen LogP contribution in [0.25, 0.3) is 0 Å². The van der Waals surface area contributed by atoms with Gasteiger partial charge in [0.15, 0.2) is 0 Å². The highest BCUT2D eigenvalue weighted by Gasteiger charge is 2.26. The molecule has 1 aliphatic heterocycles. The average Bonchev–Trinajstić information content (AvgIpc) is 2.41. The zero-order chi connectivity index (χ0) is 14.0. The van der Waals surface area contributed by atoms with Crippen LogP contribution < -0.4 is 0 Å². The van der Waals surface area contributed by atoms with Crippen molar-refractivity contribution in [2.75, 3.05) is 13.1 Å². The van der Waals surface area contributed by atoms with E-state index in [9.17, 15) is 4.79 Å². The minimum absolute atomic E-state index is 0.0342. The Morgan fingerprint density at radius 1 is 1.42 bits per heavy atom. The van der Waals surface area contributed by atoms with Crippen molar-refractivity contribution >= 4 is 49.4 Å². The topological polar surface area (TPSA) is 20.3 Å². The van der Waals surface area contributed by atoms with Gasteiger partial charge in [-0.3, -0.25) is 4.79 Å². The van der Waals surface area contributed by atoms with Crippen molar-refractivity contribution in [1.29, 1.82) is 0 Å². The fourth-order valence-electron chi connectivity index (χ4n) is 2.40. The molecule has 1 unspecified atom stereocenters. The van der Waals surface area contributed by atoms with Crippen LogP contribution in [0.2, 0.25) is 5.02 Å². The predicted octanol–water partition coefficient (Wildman–Crippen LogP) is 4.74. The van der Waals surface area contributed by atoms with Crippen LogP contribution in [-0.2, 0) is 0 Å². The van der Waals surface area contributed by atoms with Crippen molar-refractivity contribution < 1.29 is 4.79 Å². The summed E-state index contributed by atoms with van der Waals surface area (Å²) in [6.45, 7) is 3.79.